The molecule has 1 aromatic carbocycles. The highest BCUT2D eigenvalue weighted by Gasteiger charge is 2.75. The predicted molar refractivity (Wildman–Crippen MR) is 116 cm³/mol. The number of alkyl halides is 2. The molecule has 0 spiro atoms. The number of fused-ring (bicyclic) bond motifs is 1. The van der Waals surface area contributed by atoms with Crippen molar-refractivity contribution in [3.05, 3.63) is 36.0 Å². The van der Waals surface area contributed by atoms with Gasteiger partial charge >= 0.3 is 5.97 Å². The van der Waals surface area contributed by atoms with Gasteiger partial charge in [-0.25, -0.2) is 4.79 Å². The number of carbonyl (C=O) groups is 1. The van der Waals surface area contributed by atoms with Crippen LogP contribution >= 0.6 is 27.5 Å². The maximum atomic E-state index is 11.5. The van der Waals surface area contributed by atoms with Gasteiger partial charge in [-0.3, -0.25) is 0 Å². The first-order valence-electron chi connectivity index (χ1n) is 9.89. The normalized spacial score (nSPS) is 36.6. The number of aliphatic hydroxyl groups is 4. The van der Waals surface area contributed by atoms with E-state index in [2.05, 4.69) is 20.9 Å². The van der Waals surface area contributed by atoms with E-state index >= 15 is 0 Å². The molecule has 1 aliphatic carbocycles. The molecule has 172 valence electrons. The summed E-state index contributed by atoms with van der Waals surface area (Å²) in [6.07, 6.45) is 2.38. The Balaban J connectivity index is 0.000000330. The molecule has 2 heterocycles. The summed E-state index contributed by atoms with van der Waals surface area (Å²) in [5.74, 6) is -1.81. The van der Waals surface area contributed by atoms with Crippen LogP contribution in [-0.2, 0) is 15.1 Å². The summed E-state index contributed by atoms with van der Waals surface area (Å²) >= 11 is 8.58. The number of aliphatic hydroxyl groups excluding tert-OH is 2. The number of nitrogens with one attached hydrogen (secondary N) is 1. The van der Waals surface area contributed by atoms with E-state index < -0.39 is 33.5 Å². The molecule has 2 fully saturated rings. The Labute approximate surface area is 191 Å². The molecule has 9 nitrogen and oxygen atoms in total. The van der Waals surface area contributed by atoms with E-state index in [1.807, 2.05) is 0 Å². The summed E-state index contributed by atoms with van der Waals surface area (Å²) in [6.45, 7) is 0. The van der Waals surface area contributed by atoms with Crippen molar-refractivity contribution in [3.8, 4) is 0 Å². The van der Waals surface area contributed by atoms with Gasteiger partial charge in [-0.15, -0.1) is 0 Å². The van der Waals surface area contributed by atoms with Gasteiger partial charge in [-0.1, -0.05) is 49.1 Å². The molecule has 31 heavy (non-hydrogen) atoms. The van der Waals surface area contributed by atoms with Crippen LogP contribution in [0.1, 0.15) is 37.8 Å². The number of aliphatic carboxylic acids is 1. The Hall–Kier alpha value is -1.24. The number of rotatable bonds is 2. The number of para-hydroxylation sites is 1. The lowest BCUT2D eigenvalue weighted by molar-refractivity contribution is -0.340. The summed E-state index contributed by atoms with van der Waals surface area (Å²) in [7, 11) is 0. The number of hydrogen-bond acceptors (Lipinski definition) is 7. The fraction of sp³-hybridized carbons (Fsp3) is 0.550. The van der Waals surface area contributed by atoms with Crippen molar-refractivity contribution in [1.29, 1.82) is 0 Å². The SMILES string of the molecule is NC1CCCCC1.O=C(O)[C@@]1(Br)O[C@@H](O)[C@H](O)[C@](O)(c2cc3ccccc3[nH]2)[C@@]1(O)Cl. The van der Waals surface area contributed by atoms with Gasteiger partial charge in [0, 0.05) is 11.6 Å². The number of H-pyrrole nitrogens is 1. The first-order chi connectivity index (χ1) is 14.4. The van der Waals surface area contributed by atoms with Gasteiger partial charge in [0.25, 0.3) is 4.51 Å². The van der Waals surface area contributed by atoms with Crippen molar-refractivity contribution in [1.82, 2.24) is 4.98 Å². The second-order valence-electron chi connectivity index (χ2n) is 7.91. The molecule has 5 atom stereocenters. The van der Waals surface area contributed by atoms with E-state index in [9.17, 15) is 30.3 Å². The topological polar surface area (TPSA) is 169 Å². The van der Waals surface area contributed by atoms with E-state index in [-0.39, 0.29) is 5.69 Å². The minimum Gasteiger partial charge on any atom is -0.478 e. The van der Waals surface area contributed by atoms with Gasteiger partial charge in [0.05, 0.1) is 5.69 Å². The van der Waals surface area contributed by atoms with E-state index in [1.54, 1.807) is 24.3 Å². The highest BCUT2D eigenvalue weighted by Crippen LogP contribution is 2.54. The van der Waals surface area contributed by atoms with Crippen LogP contribution in [0, 0.1) is 0 Å². The third kappa shape index (κ3) is 4.11. The molecule has 0 radical (unpaired) electrons. The number of aromatic nitrogens is 1. The smallest absolute Gasteiger partial charge is 0.352 e. The monoisotopic (exact) mass is 520 g/mol. The van der Waals surface area contributed by atoms with Crippen LogP contribution in [0.4, 0.5) is 0 Å². The average molecular weight is 522 g/mol. The lowest BCUT2D eigenvalue weighted by Crippen LogP contribution is -2.75. The number of ether oxygens (including phenoxy) is 1. The molecule has 1 aromatic heterocycles. The largest absolute Gasteiger partial charge is 0.478 e. The molecule has 1 saturated carbocycles. The van der Waals surface area contributed by atoms with Crippen LogP contribution in [-0.4, -0.2) is 64.5 Å². The summed E-state index contributed by atoms with van der Waals surface area (Å²) in [4.78, 5) is 14.3. The first-order valence-corrected chi connectivity index (χ1v) is 11.1. The van der Waals surface area contributed by atoms with Crippen LogP contribution < -0.4 is 5.73 Å². The van der Waals surface area contributed by atoms with E-state index in [0.717, 1.165) is 0 Å². The maximum absolute atomic E-state index is 11.5. The van der Waals surface area contributed by atoms with Gasteiger partial charge < -0.3 is 41.0 Å². The Morgan fingerprint density at radius 1 is 1.19 bits per heavy atom. The first kappa shape index (κ1) is 24.4. The molecule has 11 heteroatoms. The third-order valence-corrected chi connectivity index (χ3v) is 7.66. The standard InChI is InChI=1S/C14H13BrClNO7.C6H13N/c15-13(11(20)21)14(16,23)12(22,9(18)10(19)24-13)8-5-6-3-1-2-4-7(6)17-8;7-6-4-2-1-3-5-6/h1-5,9-10,17-19,22-23H,(H,20,21);6H,1-5,7H2/t9-,10+,12+,13+,14-;/m0./s1. The summed E-state index contributed by atoms with van der Waals surface area (Å²) < 4.78 is 1.94. The summed E-state index contributed by atoms with van der Waals surface area (Å²) in [5, 5.41) is 48.6. The predicted octanol–water partition coefficient (Wildman–Crippen LogP) is 1.45. The van der Waals surface area contributed by atoms with Crippen LogP contribution in [0.2, 0.25) is 0 Å². The summed E-state index contributed by atoms with van der Waals surface area (Å²) in [6, 6.07) is 8.69. The van der Waals surface area contributed by atoms with Crippen LogP contribution in [0.25, 0.3) is 10.9 Å². The number of hydrogen-bond donors (Lipinski definition) is 7. The molecule has 1 aliphatic heterocycles. The molecule has 2 aliphatic rings. The van der Waals surface area contributed by atoms with Gasteiger partial charge in [-0.2, -0.15) is 0 Å². The molecule has 4 rings (SSSR count). The minimum atomic E-state index is -3.08. The fourth-order valence-corrected chi connectivity index (χ4v) is 4.73. The number of halogens is 2. The number of carboxylic acids is 1. The third-order valence-electron chi connectivity index (χ3n) is 5.78. The lowest BCUT2D eigenvalue weighted by Gasteiger charge is -2.52. The second-order valence-corrected chi connectivity index (χ2v) is 9.57. The molecule has 0 unspecified atom stereocenters. The van der Waals surface area contributed by atoms with Crippen molar-refractivity contribution in [2.24, 2.45) is 5.73 Å². The van der Waals surface area contributed by atoms with Crippen molar-refractivity contribution in [3.63, 3.8) is 0 Å². The highest BCUT2D eigenvalue weighted by molar-refractivity contribution is 9.10. The Bertz CT molecular complexity index is 902. The second kappa shape index (κ2) is 8.95. The van der Waals surface area contributed by atoms with Gasteiger partial charge in [0.1, 0.15) is 6.10 Å². The number of carboxylic acid groups (broad SMARTS) is 1. The number of aromatic amines is 1. The molecule has 0 bridgehead atoms. The van der Waals surface area contributed by atoms with Crippen molar-refractivity contribution in [2.75, 3.05) is 0 Å². The molecule has 8 N–H and O–H groups in total. The Morgan fingerprint density at radius 3 is 2.32 bits per heavy atom. The van der Waals surface area contributed by atoms with Gasteiger partial charge in [-0.05, 0) is 46.3 Å². The fourth-order valence-electron chi connectivity index (χ4n) is 3.90. The average Bonchev–Trinajstić information content (AvgIpc) is 3.17. The van der Waals surface area contributed by atoms with E-state index in [0.29, 0.717) is 16.9 Å². The van der Waals surface area contributed by atoms with Crippen molar-refractivity contribution < 1.29 is 35.1 Å². The molecule has 1 saturated heterocycles. The lowest BCUT2D eigenvalue weighted by atomic mass is 9.80. The molecular weight excluding hydrogens is 496 g/mol. The van der Waals surface area contributed by atoms with E-state index in [4.69, 9.17) is 22.1 Å². The van der Waals surface area contributed by atoms with Crippen LogP contribution in [0.3, 0.4) is 0 Å². The maximum Gasteiger partial charge on any atom is 0.352 e. The van der Waals surface area contributed by atoms with Crippen molar-refractivity contribution in [2.45, 2.75) is 65.7 Å². The number of nitrogens with two attached hydrogens (primary N) is 1. The Morgan fingerprint density at radius 2 is 1.81 bits per heavy atom. The minimum absolute atomic E-state index is 0.193. The highest BCUT2D eigenvalue weighted by atomic mass is 79.9. The zero-order valence-electron chi connectivity index (χ0n) is 16.5. The molecular formula is C20H26BrClN2O7. The molecule has 0 amide bonds. The van der Waals surface area contributed by atoms with Gasteiger partial charge in [0.15, 0.2) is 11.9 Å². The van der Waals surface area contributed by atoms with Crippen LogP contribution in [0.5, 0.6) is 0 Å². The zero-order chi connectivity index (χ0) is 23.0. The van der Waals surface area contributed by atoms with Crippen molar-refractivity contribution >= 4 is 44.4 Å². The quantitative estimate of drug-likeness (QED) is 0.291. The van der Waals surface area contributed by atoms with Crippen LogP contribution in [0.15, 0.2) is 30.3 Å². The zero-order valence-corrected chi connectivity index (χ0v) is 18.9. The number of benzene rings is 1. The van der Waals surface area contributed by atoms with E-state index in [1.165, 1.54) is 38.2 Å². The Kier molecular flexibility index (Phi) is 7.05. The van der Waals surface area contributed by atoms with Gasteiger partial charge in [0.2, 0.25) is 5.06 Å². The summed E-state index contributed by atoms with van der Waals surface area (Å²) in [5.41, 5.74) is 3.18. The molecule has 2 aromatic rings.